The molecule has 106 valence electrons. The van der Waals surface area contributed by atoms with Crippen LogP contribution < -0.4 is 5.32 Å². The lowest BCUT2D eigenvalue weighted by atomic mass is 10.0. The molecule has 0 bridgehead atoms. The van der Waals surface area contributed by atoms with Gasteiger partial charge >= 0.3 is 0 Å². The minimum Gasteiger partial charge on any atom is -0.378 e. The number of rotatable bonds is 6. The SMILES string of the molecule is CCCc1ccccc1NC(C)c1ccc(SC)cc1. The van der Waals surface area contributed by atoms with Crippen molar-refractivity contribution in [1.82, 2.24) is 0 Å². The summed E-state index contributed by atoms with van der Waals surface area (Å²) in [5, 5.41) is 3.64. The molecule has 0 amide bonds. The van der Waals surface area contributed by atoms with Gasteiger partial charge in [-0.15, -0.1) is 11.8 Å². The molecule has 20 heavy (non-hydrogen) atoms. The molecule has 0 saturated heterocycles. The van der Waals surface area contributed by atoms with E-state index in [0.29, 0.717) is 6.04 Å². The second-order valence-electron chi connectivity index (χ2n) is 5.05. The molecule has 0 heterocycles. The van der Waals surface area contributed by atoms with Crippen LogP contribution in [0.3, 0.4) is 0 Å². The van der Waals surface area contributed by atoms with Crippen molar-refractivity contribution in [1.29, 1.82) is 0 Å². The Balaban J connectivity index is 2.12. The Hall–Kier alpha value is -1.41. The number of hydrogen-bond acceptors (Lipinski definition) is 2. The Bertz CT molecular complexity index is 533. The first-order valence-corrected chi connectivity index (χ1v) is 8.45. The van der Waals surface area contributed by atoms with Gasteiger partial charge < -0.3 is 5.32 Å². The number of nitrogens with one attached hydrogen (secondary N) is 1. The molecule has 1 N–H and O–H groups in total. The van der Waals surface area contributed by atoms with Gasteiger partial charge in [-0.3, -0.25) is 0 Å². The van der Waals surface area contributed by atoms with Gasteiger partial charge in [-0.05, 0) is 48.9 Å². The van der Waals surface area contributed by atoms with Crippen LogP contribution in [0.5, 0.6) is 0 Å². The zero-order valence-corrected chi connectivity index (χ0v) is 13.3. The Labute approximate surface area is 126 Å². The fourth-order valence-corrected chi connectivity index (χ4v) is 2.77. The van der Waals surface area contributed by atoms with E-state index in [2.05, 4.69) is 74.0 Å². The summed E-state index contributed by atoms with van der Waals surface area (Å²) in [4.78, 5) is 1.31. The number of thioether (sulfide) groups is 1. The smallest absolute Gasteiger partial charge is 0.0485 e. The van der Waals surface area contributed by atoms with Crippen molar-refractivity contribution in [2.24, 2.45) is 0 Å². The molecule has 2 rings (SSSR count). The van der Waals surface area contributed by atoms with Crippen LogP contribution in [-0.2, 0) is 6.42 Å². The molecular formula is C18H23NS. The van der Waals surface area contributed by atoms with E-state index in [-0.39, 0.29) is 0 Å². The lowest BCUT2D eigenvalue weighted by Crippen LogP contribution is -2.08. The van der Waals surface area contributed by atoms with Crippen LogP contribution in [-0.4, -0.2) is 6.26 Å². The van der Waals surface area contributed by atoms with E-state index >= 15 is 0 Å². The summed E-state index contributed by atoms with van der Waals surface area (Å²) < 4.78 is 0. The van der Waals surface area contributed by atoms with Gasteiger partial charge in [0, 0.05) is 16.6 Å². The summed E-state index contributed by atoms with van der Waals surface area (Å²) in [5.41, 5.74) is 3.99. The number of benzene rings is 2. The van der Waals surface area contributed by atoms with Crippen LogP contribution in [0.2, 0.25) is 0 Å². The van der Waals surface area contributed by atoms with Crippen LogP contribution in [0.25, 0.3) is 0 Å². The molecule has 2 heteroatoms. The van der Waals surface area contributed by atoms with Crippen LogP contribution in [0.4, 0.5) is 5.69 Å². The van der Waals surface area contributed by atoms with Crippen molar-refractivity contribution >= 4 is 17.4 Å². The van der Waals surface area contributed by atoms with Crippen LogP contribution in [0.15, 0.2) is 53.4 Å². The fourth-order valence-electron chi connectivity index (χ4n) is 2.36. The summed E-state index contributed by atoms with van der Waals surface area (Å²) >= 11 is 1.78. The fraction of sp³-hybridized carbons (Fsp3) is 0.333. The third kappa shape index (κ3) is 3.80. The largest absolute Gasteiger partial charge is 0.378 e. The molecule has 1 atom stereocenters. The van der Waals surface area contributed by atoms with Crippen molar-refractivity contribution in [3.63, 3.8) is 0 Å². The highest BCUT2D eigenvalue weighted by Crippen LogP contribution is 2.24. The van der Waals surface area contributed by atoms with E-state index < -0.39 is 0 Å². The van der Waals surface area contributed by atoms with E-state index in [9.17, 15) is 0 Å². The van der Waals surface area contributed by atoms with E-state index in [1.54, 1.807) is 11.8 Å². The van der Waals surface area contributed by atoms with Crippen molar-refractivity contribution in [3.8, 4) is 0 Å². The summed E-state index contributed by atoms with van der Waals surface area (Å²) in [7, 11) is 0. The number of anilines is 1. The van der Waals surface area contributed by atoms with Gasteiger partial charge in [-0.25, -0.2) is 0 Å². The van der Waals surface area contributed by atoms with Crippen molar-refractivity contribution in [2.45, 2.75) is 37.6 Å². The van der Waals surface area contributed by atoms with Gasteiger partial charge in [0.15, 0.2) is 0 Å². The van der Waals surface area contributed by atoms with Crippen molar-refractivity contribution in [2.75, 3.05) is 11.6 Å². The lowest BCUT2D eigenvalue weighted by molar-refractivity contribution is 0.866. The monoisotopic (exact) mass is 285 g/mol. The quantitative estimate of drug-likeness (QED) is 0.700. The molecule has 0 aliphatic heterocycles. The molecule has 0 aliphatic carbocycles. The molecule has 0 aromatic heterocycles. The standard InChI is InChI=1S/C18H23NS/c1-4-7-16-8-5-6-9-18(16)19-14(2)15-10-12-17(20-3)13-11-15/h5-6,8-14,19H,4,7H2,1-3H3. The average Bonchev–Trinajstić information content (AvgIpc) is 2.49. The number of hydrogen-bond donors (Lipinski definition) is 1. The van der Waals surface area contributed by atoms with Crippen LogP contribution >= 0.6 is 11.8 Å². The highest BCUT2D eigenvalue weighted by Gasteiger charge is 2.07. The van der Waals surface area contributed by atoms with Crippen LogP contribution in [0, 0.1) is 0 Å². The highest BCUT2D eigenvalue weighted by atomic mass is 32.2. The summed E-state index contributed by atoms with van der Waals surface area (Å²) in [6.45, 7) is 4.44. The highest BCUT2D eigenvalue weighted by molar-refractivity contribution is 7.98. The van der Waals surface area contributed by atoms with Gasteiger partial charge in [-0.2, -0.15) is 0 Å². The van der Waals surface area contributed by atoms with Gasteiger partial charge in [0.25, 0.3) is 0 Å². The Morgan fingerprint density at radius 2 is 1.75 bits per heavy atom. The molecule has 1 nitrogen and oxygen atoms in total. The second kappa shape index (κ2) is 7.39. The third-order valence-corrected chi connectivity index (χ3v) is 4.27. The zero-order chi connectivity index (χ0) is 14.4. The maximum Gasteiger partial charge on any atom is 0.0485 e. The molecule has 0 fully saturated rings. The molecule has 2 aromatic rings. The summed E-state index contributed by atoms with van der Waals surface area (Å²) in [6, 6.07) is 17.8. The van der Waals surface area contributed by atoms with E-state index in [1.165, 1.54) is 28.1 Å². The van der Waals surface area contributed by atoms with Gasteiger partial charge in [0.1, 0.15) is 0 Å². The van der Waals surface area contributed by atoms with Crippen LogP contribution in [0.1, 0.15) is 37.4 Å². The molecular weight excluding hydrogens is 262 g/mol. The Morgan fingerprint density at radius 1 is 1.05 bits per heavy atom. The zero-order valence-electron chi connectivity index (χ0n) is 12.5. The number of aryl methyl sites for hydroxylation is 1. The predicted octanol–water partition coefficient (Wildman–Crippen LogP) is 5.53. The Morgan fingerprint density at radius 3 is 2.40 bits per heavy atom. The average molecular weight is 285 g/mol. The summed E-state index contributed by atoms with van der Waals surface area (Å²) in [5.74, 6) is 0. The van der Waals surface area contributed by atoms with Gasteiger partial charge in [-0.1, -0.05) is 43.7 Å². The van der Waals surface area contributed by atoms with Gasteiger partial charge in [0.2, 0.25) is 0 Å². The summed E-state index contributed by atoms with van der Waals surface area (Å²) in [6.07, 6.45) is 4.41. The van der Waals surface area contributed by atoms with E-state index in [4.69, 9.17) is 0 Å². The minimum absolute atomic E-state index is 0.323. The normalized spacial score (nSPS) is 12.2. The molecule has 0 saturated carbocycles. The van der Waals surface area contributed by atoms with Crippen molar-refractivity contribution < 1.29 is 0 Å². The third-order valence-electron chi connectivity index (χ3n) is 3.52. The number of para-hydroxylation sites is 1. The maximum atomic E-state index is 3.64. The minimum atomic E-state index is 0.323. The molecule has 2 aromatic carbocycles. The first-order chi connectivity index (χ1) is 9.74. The van der Waals surface area contributed by atoms with Crippen molar-refractivity contribution in [3.05, 3.63) is 59.7 Å². The first kappa shape index (κ1) is 15.0. The molecule has 0 spiro atoms. The molecule has 0 radical (unpaired) electrons. The van der Waals surface area contributed by atoms with E-state index in [1.807, 2.05) is 0 Å². The second-order valence-corrected chi connectivity index (χ2v) is 5.93. The Kier molecular flexibility index (Phi) is 5.54. The lowest BCUT2D eigenvalue weighted by Gasteiger charge is -2.18. The van der Waals surface area contributed by atoms with Gasteiger partial charge in [0.05, 0.1) is 0 Å². The maximum absolute atomic E-state index is 3.64. The van der Waals surface area contributed by atoms with E-state index in [0.717, 1.165) is 6.42 Å². The topological polar surface area (TPSA) is 12.0 Å². The predicted molar refractivity (Wildman–Crippen MR) is 90.7 cm³/mol. The first-order valence-electron chi connectivity index (χ1n) is 7.23. The molecule has 1 unspecified atom stereocenters. The molecule has 0 aliphatic rings.